The highest BCUT2D eigenvalue weighted by Crippen LogP contribution is 1.95. The molecule has 1 N–H and O–H groups in total. The van der Waals surface area contributed by atoms with Gasteiger partial charge in [-0.2, -0.15) is 0 Å². The molecular weight excluding hydrogens is 200 g/mol. The predicted octanol–water partition coefficient (Wildman–Crippen LogP) is 1.43. The summed E-state index contributed by atoms with van der Waals surface area (Å²) < 4.78 is 1.89. The van der Waals surface area contributed by atoms with Gasteiger partial charge in [-0.15, -0.1) is 10.2 Å². The molecule has 1 aliphatic carbocycles. The van der Waals surface area contributed by atoms with Gasteiger partial charge in [0.25, 0.3) is 0 Å². The average Bonchev–Trinajstić information content (AvgIpc) is 2.30. The summed E-state index contributed by atoms with van der Waals surface area (Å²) in [5, 5.41) is 15.6. The van der Waals surface area contributed by atoms with Crippen LogP contribution in [-0.4, -0.2) is 16.0 Å². The Morgan fingerprint density at radius 2 is 1.81 bits per heavy atom. The SMILES string of the molecule is Cn1ccccc1=NN=C1C=CC(=N)C=C1. The number of rotatable bonds is 1. The van der Waals surface area contributed by atoms with Crippen molar-refractivity contribution in [3.05, 3.63) is 54.2 Å². The number of hydrogen-bond acceptors (Lipinski definition) is 3. The molecule has 1 aromatic rings. The Hall–Kier alpha value is -2.23. The van der Waals surface area contributed by atoms with E-state index in [1.54, 1.807) is 24.3 Å². The van der Waals surface area contributed by atoms with E-state index in [1.165, 1.54) is 0 Å². The summed E-state index contributed by atoms with van der Waals surface area (Å²) >= 11 is 0. The normalized spacial score (nSPS) is 15.7. The molecule has 0 atom stereocenters. The van der Waals surface area contributed by atoms with Gasteiger partial charge in [-0.1, -0.05) is 6.07 Å². The zero-order valence-electron chi connectivity index (χ0n) is 8.96. The first-order valence-electron chi connectivity index (χ1n) is 4.94. The van der Waals surface area contributed by atoms with Crippen LogP contribution >= 0.6 is 0 Å². The van der Waals surface area contributed by atoms with Crippen LogP contribution in [0.1, 0.15) is 0 Å². The van der Waals surface area contributed by atoms with Gasteiger partial charge in [0.2, 0.25) is 0 Å². The Bertz CT molecular complexity index is 540. The Balaban J connectivity index is 2.31. The number of aromatic nitrogens is 1. The molecule has 2 rings (SSSR count). The molecule has 0 amide bonds. The van der Waals surface area contributed by atoms with Crippen LogP contribution in [-0.2, 0) is 7.05 Å². The fourth-order valence-corrected chi connectivity index (χ4v) is 1.26. The number of nitrogens with zero attached hydrogens (tertiary/aromatic N) is 3. The lowest BCUT2D eigenvalue weighted by atomic mass is 10.1. The molecule has 1 aromatic heterocycles. The largest absolute Gasteiger partial charge is 0.335 e. The number of aryl methyl sites for hydroxylation is 1. The molecular formula is C12H12N4. The standard InChI is InChI=1S/C12H12N4/c1-16-9-3-2-4-12(16)15-14-11-7-5-10(13)6-8-11/h2-9,13H,1H3. The summed E-state index contributed by atoms with van der Waals surface area (Å²) in [6.07, 6.45) is 8.85. The molecule has 0 spiro atoms. The van der Waals surface area contributed by atoms with Gasteiger partial charge >= 0.3 is 0 Å². The Morgan fingerprint density at radius 1 is 1.06 bits per heavy atom. The zero-order valence-corrected chi connectivity index (χ0v) is 8.96. The Labute approximate surface area is 93.5 Å². The van der Waals surface area contributed by atoms with E-state index in [-0.39, 0.29) is 0 Å². The minimum Gasteiger partial charge on any atom is -0.335 e. The van der Waals surface area contributed by atoms with Crippen molar-refractivity contribution in [3.8, 4) is 0 Å². The first kappa shape index (κ1) is 10.3. The fraction of sp³-hybridized carbons (Fsp3) is 0.0833. The van der Waals surface area contributed by atoms with Crippen LogP contribution in [0.2, 0.25) is 0 Å². The summed E-state index contributed by atoms with van der Waals surface area (Å²) in [7, 11) is 1.92. The van der Waals surface area contributed by atoms with Crippen molar-refractivity contribution in [3.63, 3.8) is 0 Å². The highest BCUT2D eigenvalue weighted by Gasteiger charge is 1.95. The third-order valence-electron chi connectivity index (χ3n) is 2.16. The molecule has 0 aliphatic heterocycles. The maximum absolute atomic E-state index is 7.35. The van der Waals surface area contributed by atoms with Crippen LogP contribution in [0.25, 0.3) is 0 Å². The molecule has 0 unspecified atom stereocenters. The first-order valence-corrected chi connectivity index (χ1v) is 4.94. The molecule has 0 saturated carbocycles. The predicted molar refractivity (Wildman–Crippen MR) is 64.4 cm³/mol. The van der Waals surface area contributed by atoms with Crippen molar-refractivity contribution in [2.75, 3.05) is 0 Å². The molecule has 0 aromatic carbocycles. The molecule has 0 bridgehead atoms. The highest BCUT2D eigenvalue weighted by molar-refractivity contribution is 6.17. The average molecular weight is 212 g/mol. The van der Waals surface area contributed by atoms with Gasteiger partial charge in [0.05, 0.1) is 11.4 Å². The number of hydrogen-bond donors (Lipinski definition) is 1. The minimum absolute atomic E-state index is 0.476. The summed E-state index contributed by atoms with van der Waals surface area (Å²) in [6.45, 7) is 0. The van der Waals surface area contributed by atoms with Crippen molar-refractivity contribution in [2.24, 2.45) is 17.3 Å². The molecule has 1 heterocycles. The van der Waals surface area contributed by atoms with Gasteiger partial charge in [-0.25, -0.2) is 0 Å². The van der Waals surface area contributed by atoms with E-state index in [4.69, 9.17) is 5.41 Å². The van der Waals surface area contributed by atoms with E-state index in [2.05, 4.69) is 10.2 Å². The second kappa shape index (κ2) is 4.53. The molecule has 16 heavy (non-hydrogen) atoms. The van der Waals surface area contributed by atoms with Crippen molar-refractivity contribution < 1.29 is 0 Å². The van der Waals surface area contributed by atoms with Crippen molar-refractivity contribution in [1.82, 2.24) is 4.57 Å². The topological polar surface area (TPSA) is 53.5 Å². The number of allylic oxidation sites excluding steroid dienone is 4. The van der Waals surface area contributed by atoms with Crippen molar-refractivity contribution >= 4 is 11.4 Å². The van der Waals surface area contributed by atoms with Crippen LogP contribution in [0.15, 0.2) is 58.9 Å². The van der Waals surface area contributed by atoms with E-state index in [9.17, 15) is 0 Å². The smallest absolute Gasteiger partial charge is 0.154 e. The third kappa shape index (κ3) is 2.42. The Kier molecular flexibility index (Phi) is 2.91. The summed E-state index contributed by atoms with van der Waals surface area (Å²) in [4.78, 5) is 0. The second-order valence-corrected chi connectivity index (χ2v) is 3.42. The molecule has 4 nitrogen and oxygen atoms in total. The van der Waals surface area contributed by atoms with E-state index < -0.39 is 0 Å². The molecule has 0 fully saturated rings. The lowest BCUT2D eigenvalue weighted by Gasteiger charge is -1.98. The maximum Gasteiger partial charge on any atom is 0.154 e. The lowest BCUT2D eigenvalue weighted by molar-refractivity contribution is 0.816. The van der Waals surface area contributed by atoms with Gasteiger partial charge < -0.3 is 9.98 Å². The first-order chi connectivity index (χ1) is 7.75. The monoisotopic (exact) mass is 212 g/mol. The number of nitrogens with one attached hydrogen (secondary N) is 1. The van der Waals surface area contributed by atoms with Gasteiger partial charge in [-0.05, 0) is 36.4 Å². The molecule has 4 heteroatoms. The molecule has 0 saturated heterocycles. The molecule has 1 aliphatic rings. The van der Waals surface area contributed by atoms with E-state index in [0.29, 0.717) is 5.71 Å². The van der Waals surface area contributed by atoms with Crippen LogP contribution < -0.4 is 5.49 Å². The third-order valence-corrected chi connectivity index (χ3v) is 2.16. The van der Waals surface area contributed by atoms with Crippen LogP contribution in [0.5, 0.6) is 0 Å². The molecule has 0 radical (unpaired) electrons. The van der Waals surface area contributed by atoms with E-state index in [1.807, 2.05) is 36.0 Å². The van der Waals surface area contributed by atoms with Crippen LogP contribution in [0.4, 0.5) is 0 Å². The van der Waals surface area contributed by atoms with Gasteiger partial charge in [0.15, 0.2) is 5.49 Å². The van der Waals surface area contributed by atoms with Crippen LogP contribution in [0.3, 0.4) is 0 Å². The van der Waals surface area contributed by atoms with E-state index >= 15 is 0 Å². The van der Waals surface area contributed by atoms with E-state index in [0.717, 1.165) is 11.2 Å². The van der Waals surface area contributed by atoms with Crippen molar-refractivity contribution in [2.45, 2.75) is 0 Å². The summed E-state index contributed by atoms with van der Waals surface area (Å²) in [5.74, 6) is 0. The summed E-state index contributed by atoms with van der Waals surface area (Å²) in [5.41, 5.74) is 2.02. The lowest BCUT2D eigenvalue weighted by Crippen LogP contribution is -2.15. The quantitative estimate of drug-likeness (QED) is 0.541. The van der Waals surface area contributed by atoms with Gasteiger partial charge in [0, 0.05) is 13.2 Å². The fourth-order valence-electron chi connectivity index (χ4n) is 1.26. The highest BCUT2D eigenvalue weighted by atomic mass is 15.2. The van der Waals surface area contributed by atoms with Crippen LogP contribution in [0, 0.1) is 5.41 Å². The van der Waals surface area contributed by atoms with Crippen molar-refractivity contribution in [1.29, 1.82) is 5.41 Å². The van der Waals surface area contributed by atoms with Gasteiger partial charge in [-0.3, -0.25) is 0 Å². The Morgan fingerprint density at radius 3 is 2.50 bits per heavy atom. The van der Waals surface area contributed by atoms with Gasteiger partial charge in [0.1, 0.15) is 0 Å². The number of pyridine rings is 1. The minimum atomic E-state index is 0.476. The molecule has 80 valence electrons. The second-order valence-electron chi connectivity index (χ2n) is 3.42. The zero-order chi connectivity index (χ0) is 11.4. The maximum atomic E-state index is 7.35. The summed E-state index contributed by atoms with van der Waals surface area (Å²) in [6, 6.07) is 5.75.